The van der Waals surface area contributed by atoms with Gasteiger partial charge in [0.2, 0.25) is 0 Å². The van der Waals surface area contributed by atoms with Crippen molar-refractivity contribution < 1.29 is 13.6 Å². The minimum absolute atomic E-state index is 0.0684. The molecule has 2 N–H and O–H groups in total. The van der Waals surface area contributed by atoms with Gasteiger partial charge >= 0.3 is 0 Å². The first kappa shape index (κ1) is 14.5. The van der Waals surface area contributed by atoms with Gasteiger partial charge in [0.25, 0.3) is 5.91 Å². The summed E-state index contributed by atoms with van der Waals surface area (Å²) >= 11 is 4.76. The maximum absolute atomic E-state index is 13.1. The van der Waals surface area contributed by atoms with Crippen molar-refractivity contribution in [2.24, 2.45) is 5.73 Å². The van der Waals surface area contributed by atoms with E-state index >= 15 is 0 Å². The van der Waals surface area contributed by atoms with Crippen molar-refractivity contribution in [1.82, 2.24) is 4.90 Å². The van der Waals surface area contributed by atoms with Crippen molar-refractivity contribution in [2.45, 2.75) is 19.9 Å². The lowest BCUT2D eigenvalue weighted by Gasteiger charge is -2.26. The number of amides is 1. The number of nitrogens with two attached hydrogens (primary N) is 1. The largest absolute Gasteiger partial charge is 0.392 e. The third kappa shape index (κ3) is 3.46. The predicted octanol–water partition coefficient (Wildman–Crippen LogP) is 2.10. The lowest BCUT2D eigenvalue weighted by Crippen LogP contribution is -2.42. The van der Waals surface area contributed by atoms with Gasteiger partial charge in [0.1, 0.15) is 0 Å². The molecule has 0 unspecified atom stereocenters. The molecule has 0 atom stereocenters. The Morgan fingerprint density at radius 2 is 2.00 bits per heavy atom. The molecule has 0 aromatic heterocycles. The molecule has 1 aromatic rings. The quantitative estimate of drug-likeness (QED) is 0.854. The SMILES string of the molecule is CC(C)N(CC(N)=S)C(=O)c1ccc(F)c(F)c1. The Hall–Kier alpha value is -1.56. The lowest BCUT2D eigenvalue weighted by atomic mass is 10.1. The molecular formula is C12H14F2N2OS. The highest BCUT2D eigenvalue weighted by Gasteiger charge is 2.20. The molecule has 18 heavy (non-hydrogen) atoms. The number of halogens is 2. The average molecular weight is 272 g/mol. The molecule has 0 aliphatic heterocycles. The second-order valence-corrected chi connectivity index (χ2v) is 4.65. The topological polar surface area (TPSA) is 46.3 Å². The molecule has 1 rings (SSSR count). The minimum atomic E-state index is -1.06. The van der Waals surface area contributed by atoms with Crippen molar-refractivity contribution >= 4 is 23.1 Å². The number of benzene rings is 1. The molecule has 0 bridgehead atoms. The summed E-state index contributed by atoms with van der Waals surface area (Å²) in [5, 5.41) is 0. The van der Waals surface area contributed by atoms with E-state index in [-0.39, 0.29) is 23.1 Å². The molecule has 0 spiro atoms. The van der Waals surface area contributed by atoms with Crippen LogP contribution in [0.4, 0.5) is 8.78 Å². The van der Waals surface area contributed by atoms with Crippen LogP contribution in [0.25, 0.3) is 0 Å². The van der Waals surface area contributed by atoms with Crippen LogP contribution in [0.2, 0.25) is 0 Å². The summed E-state index contributed by atoms with van der Waals surface area (Å²) in [4.78, 5) is 13.7. The van der Waals surface area contributed by atoms with Crippen molar-refractivity contribution in [2.75, 3.05) is 6.54 Å². The van der Waals surface area contributed by atoms with E-state index in [9.17, 15) is 13.6 Å². The zero-order valence-corrected chi connectivity index (χ0v) is 10.9. The van der Waals surface area contributed by atoms with Crippen LogP contribution >= 0.6 is 12.2 Å². The van der Waals surface area contributed by atoms with Crippen LogP contribution in [0, 0.1) is 11.6 Å². The summed E-state index contributed by atoms with van der Waals surface area (Å²) in [6, 6.07) is 2.87. The molecule has 0 aliphatic carbocycles. The fourth-order valence-electron chi connectivity index (χ4n) is 1.45. The monoisotopic (exact) mass is 272 g/mol. The number of hydrogen-bond donors (Lipinski definition) is 1. The fourth-order valence-corrected chi connectivity index (χ4v) is 1.59. The van der Waals surface area contributed by atoms with Crippen LogP contribution in [0.1, 0.15) is 24.2 Å². The van der Waals surface area contributed by atoms with Crippen LogP contribution in [-0.2, 0) is 0 Å². The van der Waals surface area contributed by atoms with Crippen molar-refractivity contribution in [3.05, 3.63) is 35.4 Å². The third-order valence-corrected chi connectivity index (χ3v) is 2.51. The van der Waals surface area contributed by atoms with E-state index < -0.39 is 17.5 Å². The normalized spacial score (nSPS) is 10.5. The first-order chi connectivity index (χ1) is 8.32. The zero-order valence-electron chi connectivity index (χ0n) is 10.1. The van der Waals surface area contributed by atoms with E-state index in [0.717, 1.165) is 12.1 Å². The van der Waals surface area contributed by atoms with Gasteiger partial charge in [-0.15, -0.1) is 0 Å². The predicted molar refractivity (Wildman–Crippen MR) is 69.3 cm³/mol. The summed E-state index contributed by atoms with van der Waals surface area (Å²) < 4.78 is 25.9. The number of hydrogen-bond acceptors (Lipinski definition) is 2. The summed E-state index contributed by atoms with van der Waals surface area (Å²) in [5.74, 6) is -2.48. The summed E-state index contributed by atoms with van der Waals surface area (Å²) in [6.45, 7) is 3.68. The van der Waals surface area contributed by atoms with Gasteiger partial charge in [0, 0.05) is 11.6 Å². The van der Waals surface area contributed by atoms with E-state index in [0.29, 0.717) is 0 Å². The van der Waals surface area contributed by atoms with Crippen molar-refractivity contribution in [3.8, 4) is 0 Å². The summed E-state index contributed by atoms with van der Waals surface area (Å²) in [6.07, 6.45) is 0. The molecule has 1 aromatic carbocycles. The molecular weight excluding hydrogens is 258 g/mol. The highest BCUT2D eigenvalue weighted by Crippen LogP contribution is 2.12. The van der Waals surface area contributed by atoms with Crippen LogP contribution in [-0.4, -0.2) is 28.4 Å². The number of nitrogens with zero attached hydrogens (tertiary/aromatic N) is 1. The van der Waals surface area contributed by atoms with E-state index in [4.69, 9.17) is 18.0 Å². The molecule has 6 heteroatoms. The molecule has 1 amide bonds. The highest BCUT2D eigenvalue weighted by molar-refractivity contribution is 7.80. The average Bonchev–Trinajstić information content (AvgIpc) is 2.28. The third-order valence-electron chi connectivity index (χ3n) is 2.38. The molecule has 0 saturated heterocycles. The number of rotatable bonds is 4. The van der Waals surface area contributed by atoms with Crippen molar-refractivity contribution in [1.29, 1.82) is 0 Å². The Morgan fingerprint density at radius 1 is 1.39 bits per heavy atom. The molecule has 0 fully saturated rings. The Morgan fingerprint density at radius 3 is 2.44 bits per heavy atom. The Labute approximate surface area is 110 Å². The molecule has 0 heterocycles. The fraction of sp³-hybridized carbons (Fsp3) is 0.333. The maximum atomic E-state index is 13.1. The van der Waals surface area contributed by atoms with Gasteiger partial charge < -0.3 is 10.6 Å². The number of carbonyl (C=O) groups excluding carboxylic acids is 1. The van der Waals surface area contributed by atoms with Crippen LogP contribution in [0.5, 0.6) is 0 Å². The number of thiocarbonyl (C=S) groups is 1. The zero-order chi connectivity index (χ0) is 13.9. The number of carbonyl (C=O) groups is 1. The lowest BCUT2D eigenvalue weighted by molar-refractivity contribution is 0.0735. The van der Waals surface area contributed by atoms with E-state index in [1.807, 2.05) is 0 Å². The summed E-state index contributed by atoms with van der Waals surface area (Å²) in [5.41, 5.74) is 5.47. The van der Waals surface area contributed by atoms with Gasteiger partial charge in [-0.2, -0.15) is 0 Å². The van der Waals surface area contributed by atoms with E-state index in [1.54, 1.807) is 13.8 Å². The Bertz CT molecular complexity index is 477. The minimum Gasteiger partial charge on any atom is -0.392 e. The molecule has 0 radical (unpaired) electrons. The maximum Gasteiger partial charge on any atom is 0.254 e. The molecule has 0 aliphatic rings. The second-order valence-electron chi connectivity index (χ2n) is 4.12. The first-order valence-corrected chi connectivity index (χ1v) is 5.78. The molecule has 3 nitrogen and oxygen atoms in total. The van der Waals surface area contributed by atoms with Gasteiger partial charge in [-0.3, -0.25) is 4.79 Å². The van der Waals surface area contributed by atoms with Gasteiger partial charge in [-0.25, -0.2) is 8.78 Å². The van der Waals surface area contributed by atoms with Gasteiger partial charge in [0.15, 0.2) is 11.6 Å². The van der Waals surface area contributed by atoms with Crippen LogP contribution in [0.3, 0.4) is 0 Å². The van der Waals surface area contributed by atoms with E-state index in [1.165, 1.54) is 11.0 Å². The first-order valence-electron chi connectivity index (χ1n) is 5.37. The summed E-state index contributed by atoms with van der Waals surface area (Å²) in [7, 11) is 0. The smallest absolute Gasteiger partial charge is 0.254 e. The van der Waals surface area contributed by atoms with Gasteiger partial charge in [-0.1, -0.05) is 12.2 Å². The van der Waals surface area contributed by atoms with E-state index in [2.05, 4.69) is 0 Å². The van der Waals surface area contributed by atoms with Crippen LogP contribution < -0.4 is 5.73 Å². The Kier molecular flexibility index (Phi) is 4.72. The second kappa shape index (κ2) is 5.86. The van der Waals surface area contributed by atoms with Gasteiger partial charge in [0.05, 0.1) is 11.5 Å². The molecule has 0 saturated carbocycles. The van der Waals surface area contributed by atoms with Gasteiger partial charge in [-0.05, 0) is 32.0 Å². The highest BCUT2D eigenvalue weighted by atomic mass is 32.1. The Balaban J connectivity index is 3.02. The van der Waals surface area contributed by atoms with Crippen LogP contribution in [0.15, 0.2) is 18.2 Å². The van der Waals surface area contributed by atoms with Crippen molar-refractivity contribution in [3.63, 3.8) is 0 Å². The standard InChI is InChI=1S/C12H14F2N2OS/c1-7(2)16(6-11(15)18)12(17)8-3-4-9(13)10(14)5-8/h3-5,7H,6H2,1-2H3,(H2,15,18). The molecule has 98 valence electrons.